The predicted molar refractivity (Wildman–Crippen MR) is 145 cm³/mol. The molecule has 0 aliphatic rings. The van der Waals surface area contributed by atoms with Crippen molar-refractivity contribution in [3.63, 3.8) is 0 Å². The van der Waals surface area contributed by atoms with Crippen molar-refractivity contribution < 1.29 is 17.6 Å². The second kappa shape index (κ2) is 10.5. The molecule has 0 aliphatic carbocycles. The summed E-state index contributed by atoms with van der Waals surface area (Å²) in [6.45, 7) is 0.404. The summed E-state index contributed by atoms with van der Waals surface area (Å²) >= 11 is 7.47. The van der Waals surface area contributed by atoms with Crippen LogP contribution in [0.1, 0.15) is 21.7 Å². The molecule has 0 spiro atoms. The standard InChI is InChI=1S/C27H22ClN3O4S2/c1-30(17-19-6-3-2-4-7-19)37(33,34)23-12-9-20(10-13-23)26(32)31(18-22-8-5-15-35-22)27-29-24-14-11-21(28)16-25(24)36-27/h2-16H,17-18H2,1H3. The Labute approximate surface area is 223 Å². The molecular formula is C27H22ClN3O4S2. The minimum atomic E-state index is -3.74. The van der Waals surface area contributed by atoms with Crippen molar-refractivity contribution in [3.8, 4) is 0 Å². The zero-order chi connectivity index (χ0) is 26.0. The smallest absolute Gasteiger partial charge is 0.260 e. The fraction of sp³-hybridized carbons (Fsp3) is 0.111. The minimum absolute atomic E-state index is 0.106. The number of halogens is 1. The maximum Gasteiger partial charge on any atom is 0.260 e. The molecule has 0 aliphatic heterocycles. The molecule has 5 rings (SSSR count). The lowest BCUT2D eigenvalue weighted by atomic mass is 10.2. The van der Waals surface area contributed by atoms with Gasteiger partial charge in [-0.2, -0.15) is 4.31 Å². The van der Waals surface area contributed by atoms with Crippen molar-refractivity contribution in [3.05, 3.63) is 113 Å². The molecule has 188 valence electrons. The van der Waals surface area contributed by atoms with Gasteiger partial charge in [0.2, 0.25) is 10.0 Å². The van der Waals surface area contributed by atoms with Crippen LogP contribution in [0, 0.1) is 0 Å². The maximum absolute atomic E-state index is 13.6. The lowest BCUT2D eigenvalue weighted by Crippen LogP contribution is -2.30. The van der Waals surface area contributed by atoms with Gasteiger partial charge in [0, 0.05) is 24.2 Å². The number of fused-ring (bicyclic) bond motifs is 1. The minimum Gasteiger partial charge on any atom is -0.467 e. The van der Waals surface area contributed by atoms with Crippen molar-refractivity contribution in [1.29, 1.82) is 0 Å². The van der Waals surface area contributed by atoms with Crippen LogP contribution in [0.4, 0.5) is 5.13 Å². The van der Waals surface area contributed by atoms with Gasteiger partial charge in [-0.3, -0.25) is 9.69 Å². The highest BCUT2D eigenvalue weighted by Crippen LogP contribution is 2.32. The molecule has 10 heteroatoms. The summed E-state index contributed by atoms with van der Waals surface area (Å²) in [6.07, 6.45) is 1.54. The van der Waals surface area contributed by atoms with E-state index in [1.165, 1.54) is 51.9 Å². The number of hydrogen-bond donors (Lipinski definition) is 0. The number of carbonyl (C=O) groups is 1. The number of sulfonamides is 1. The van der Waals surface area contributed by atoms with Crippen LogP contribution in [0.3, 0.4) is 0 Å². The first-order chi connectivity index (χ1) is 17.8. The summed E-state index contributed by atoms with van der Waals surface area (Å²) < 4.78 is 33.8. The molecule has 0 bridgehead atoms. The number of anilines is 1. The van der Waals surface area contributed by atoms with E-state index in [9.17, 15) is 13.2 Å². The summed E-state index contributed by atoms with van der Waals surface area (Å²) in [5, 5.41) is 1.07. The Morgan fingerprint density at radius 2 is 1.73 bits per heavy atom. The zero-order valence-electron chi connectivity index (χ0n) is 19.7. The predicted octanol–water partition coefficient (Wildman–Crippen LogP) is 6.21. The van der Waals surface area contributed by atoms with Gasteiger partial charge >= 0.3 is 0 Å². The van der Waals surface area contributed by atoms with Gasteiger partial charge in [-0.25, -0.2) is 13.4 Å². The van der Waals surface area contributed by atoms with E-state index in [4.69, 9.17) is 16.0 Å². The Morgan fingerprint density at radius 1 is 0.973 bits per heavy atom. The van der Waals surface area contributed by atoms with Crippen molar-refractivity contribution in [2.24, 2.45) is 0 Å². The zero-order valence-corrected chi connectivity index (χ0v) is 22.1. The molecule has 0 radical (unpaired) electrons. The fourth-order valence-electron chi connectivity index (χ4n) is 3.82. The number of rotatable bonds is 8. The second-order valence-corrected chi connectivity index (χ2v) is 11.8. The maximum atomic E-state index is 13.6. The van der Waals surface area contributed by atoms with Crippen LogP contribution in [-0.4, -0.2) is 30.7 Å². The van der Waals surface area contributed by atoms with E-state index in [0.717, 1.165) is 15.8 Å². The number of thiazole rings is 1. The van der Waals surface area contributed by atoms with Crippen LogP contribution in [0.5, 0.6) is 0 Å². The van der Waals surface area contributed by atoms with Crippen molar-refractivity contribution in [1.82, 2.24) is 9.29 Å². The molecular weight excluding hydrogens is 530 g/mol. The molecule has 0 saturated heterocycles. The van der Waals surface area contributed by atoms with Crippen molar-refractivity contribution in [2.75, 3.05) is 11.9 Å². The number of hydrogen-bond acceptors (Lipinski definition) is 6. The van der Waals surface area contributed by atoms with Gasteiger partial charge in [0.25, 0.3) is 5.91 Å². The Morgan fingerprint density at radius 3 is 2.43 bits per heavy atom. The average molecular weight is 552 g/mol. The molecule has 37 heavy (non-hydrogen) atoms. The molecule has 1 amide bonds. The molecule has 3 aromatic carbocycles. The number of amides is 1. The highest BCUT2D eigenvalue weighted by atomic mass is 35.5. The molecule has 0 saturated carbocycles. The van der Waals surface area contributed by atoms with Crippen molar-refractivity contribution in [2.45, 2.75) is 18.0 Å². The third kappa shape index (κ3) is 5.45. The number of nitrogens with zero attached hydrogens (tertiary/aromatic N) is 3. The summed E-state index contributed by atoms with van der Waals surface area (Å²) in [4.78, 5) is 19.9. The number of furan rings is 1. The van der Waals surface area contributed by atoms with E-state index < -0.39 is 10.0 Å². The van der Waals surface area contributed by atoms with E-state index >= 15 is 0 Å². The number of aromatic nitrogens is 1. The van der Waals surface area contributed by atoms with Gasteiger partial charge < -0.3 is 4.42 Å². The fourth-order valence-corrected chi connectivity index (χ4v) is 6.22. The van der Waals surface area contributed by atoms with Crippen LogP contribution in [-0.2, 0) is 23.1 Å². The third-order valence-corrected chi connectivity index (χ3v) is 8.86. The monoisotopic (exact) mass is 551 g/mol. The number of carbonyl (C=O) groups excluding carboxylic acids is 1. The first-order valence-corrected chi connectivity index (χ1v) is 14.0. The first kappa shape index (κ1) is 25.2. The van der Waals surface area contributed by atoms with Crippen LogP contribution in [0.15, 0.2) is 101 Å². The van der Waals surface area contributed by atoms with E-state index in [0.29, 0.717) is 21.5 Å². The quantitative estimate of drug-likeness (QED) is 0.229. The summed E-state index contributed by atoms with van der Waals surface area (Å²) in [6, 6.07) is 24.2. The largest absolute Gasteiger partial charge is 0.467 e. The highest BCUT2D eigenvalue weighted by molar-refractivity contribution is 7.89. The van der Waals surface area contributed by atoms with Gasteiger partial charge in [0.1, 0.15) is 5.76 Å². The van der Waals surface area contributed by atoms with Crippen LogP contribution in [0.2, 0.25) is 5.02 Å². The molecule has 0 unspecified atom stereocenters. The van der Waals surface area contributed by atoms with E-state index in [2.05, 4.69) is 4.98 Å². The second-order valence-electron chi connectivity index (χ2n) is 8.35. The molecule has 2 heterocycles. The van der Waals surface area contributed by atoms with Gasteiger partial charge in [-0.15, -0.1) is 0 Å². The lowest BCUT2D eigenvalue weighted by Gasteiger charge is -2.20. The lowest BCUT2D eigenvalue weighted by molar-refractivity contribution is 0.0983. The normalized spacial score (nSPS) is 11.8. The van der Waals surface area contributed by atoms with Crippen LogP contribution < -0.4 is 4.90 Å². The highest BCUT2D eigenvalue weighted by Gasteiger charge is 2.25. The van der Waals surface area contributed by atoms with Gasteiger partial charge in [-0.05, 0) is 60.2 Å². The van der Waals surface area contributed by atoms with Gasteiger partial charge in [0.15, 0.2) is 5.13 Å². The summed E-state index contributed by atoms with van der Waals surface area (Å²) in [5.74, 6) is 0.260. The molecule has 0 fully saturated rings. The Hall–Kier alpha value is -3.50. The number of benzene rings is 3. The summed E-state index contributed by atoms with van der Waals surface area (Å²) in [5.41, 5.74) is 1.93. The molecule has 0 N–H and O–H groups in total. The van der Waals surface area contributed by atoms with Gasteiger partial charge in [0.05, 0.1) is 27.9 Å². The van der Waals surface area contributed by atoms with Crippen LogP contribution in [0.25, 0.3) is 10.2 Å². The first-order valence-electron chi connectivity index (χ1n) is 11.3. The summed E-state index contributed by atoms with van der Waals surface area (Å²) in [7, 11) is -2.21. The van der Waals surface area contributed by atoms with Gasteiger partial charge in [-0.1, -0.05) is 53.3 Å². The van der Waals surface area contributed by atoms with E-state index in [1.54, 1.807) is 36.6 Å². The molecule has 0 atom stereocenters. The Kier molecular flexibility index (Phi) is 7.12. The van der Waals surface area contributed by atoms with Crippen molar-refractivity contribution >= 4 is 54.2 Å². The molecule has 5 aromatic rings. The molecule has 7 nitrogen and oxygen atoms in total. The molecule has 2 aromatic heterocycles. The van der Waals surface area contributed by atoms with E-state index in [-0.39, 0.29) is 23.9 Å². The third-order valence-electron chi connectivity index (χ3n) is 5.77. The van der Waals surface area contributed by atoms with E-state index in [1.807, 2.05) is 30.3 Å². The Balaban J connectivity index is 1.42. The Bertz CT molecular complexity index is 1630. The SMILES string of the molecule is CN(Cc1ccccc1)S(=O)(=O)c1ccc(C(=O)N(Cc2ccco2)c2nc3ccc(Cl)cc3s2)cc1. The topological polar surface area (TPSA) is 83.7 Å². The van der Waals surface area contributed by atoms with Crippen LogP contribution >= 0.6 is 22.9 Å². The average Bonchev–Trinajstić information content (AvgIpc) is 3.57.